The summed E-state index contributed by atoms with van der Waals surface area (Å²) in [6.07, 6.45) is -0.505. The molecule has 0 heterocycles. The Hall–Kier alpha value is -3.13. The lowest BCUT2D eigenvalue weighted by Gasteiger charge is -2.22. The highest BCUT2D eigenvalue weighted by Gasteiger charge is 2.32. The van der Waals surface area contributed by atoms with Crippen molar-refractivity contribution in [2.24, 2.45) is 5.92 Å². The van der Waals surface area contributed by atoms with Gasteiger partial charge in [-0.1, -0.05) is 29.9 Å². The first-order chi connectivity index (χ1) is 16.2. The molecular formula is C24H26F2N2O5S. The molecule has 2 aromatic carbocycles. The first-order valence-corrected chi connectivity index (χ1v) is 12.1. The summed E-state index contributed by atoms with van der Waals surface area (Å²) >= 11 is -0.834. The highest BCUT2D eigenvalue weighted by molar-refractivity contribution is 7.90. The van der Waals surface area contributed by atoms with E-state index in [1.165, 1.54) is 17.6 Å². The van der Waals surface area contributed by atoms with Gasteiger partial charge in [-0.2, -0.15) is 0 Å². The molecule has 7 nitrogen and oxygen atoms in total. The molecule has 0 fully saturated rings. The number of nitrogens with one attached hydrogen (secondary N) is 2. The molecule has 2 rings (SSSR count). The van der Waals surface area contributed by atoms with E-state index in [0.29, 0.717) is 30.1 Å². The summed E-state index contributed by atoms with van der Waals surface area (Å²) < 4.78 is 42.6. The molecule has 182 valence electrons. The molecule has 1 unspecified atom stereocenters. The first-order valence-electron chi connectivity index (χ1n) is 10.4. The zero-order chi connectivity index (χ0) is 25.1. The fourth-order valence-corrected chi connectivity index (χ4v) is 3.34. The Balaban J connectivity index is 1.97. The number of alkyl halides is 2. The van der Waals surface area contributed by atoms with Crippen molar-refractivity contribution >= 4 is 23.0 Å². The third kappa shape index (κ3) is 8.67. The monoisotopic (exact) mass is 492 g/mol. The molecule has 10 heteroatoms. The van der Waals surface area contributed by atoms with Crippen LogP contribution in [0.4, 0.5) is 8.78 Å². The van der Waals surface area contributed by atoms with Crippen molar-refractivity contribution in [1.82, 2.24) is 10.8 Å². The highest BCUT2D eigenvalue weighted by Crippen LogP contribution is 2.15. The van der Waals surface area contributed by atoms with Gasteiger partial charge in [0.2, 0.25) is 6.43 Å². The van der Waals surface area contributed by atoms with Gasteiger partial charge in [-0.3, -0.25) is 14.8 Å². The maximum absolute atomic E-state index is 13.0. The SMILES string of the molecule is C[C@@H](C(F)F)[C@H](NC(=O)c1ccc(C#Cc2ccc(OCCC[S+](C)[O-])cc2)cc1)C(=O)NO. The van der Waals surface area contributed by atoms with E-state index in [1.54, 1.807) is 42.7 Å². The molecule has 34 heavy (non-hydrogen) atoms. The maximum Gasteiger partial charge on any atom is 0.266 e. The van der Waals surface area contributed by atoms with Crippen LogP contribution < -0.4 is 15.5 Å². The molecule has 3 atom stereocenters. The summed E-state index contributed by atoms with van der Waals surface area (Å²) in [5.74, 6) is 3.87. The van der Waals surface area contributed by atoms with Crippen LogP contribution in [-0.2, 0) is 16.0 Å². The molecule has 0 aromatic heterocycles. The fourth-order valence-electron chi connectivity index (χ4n) is 2.81. The van der Waals surface area contributed by atoms with Gasteiger partial charge in [-0.25, -0.2) is 14.3 Å². The molecule has 2 amide bonds. The van der Waals surface area contributed by atoms with E-state index in [1.807, 2.05) is 0 Å². The molecular weight excluding hydrogens is 466 g/mol. The Kier molecular flexibility index (Phi) is 10.8. The number of rotatable bonds is 10. The van der Waals surface area contributed by atoms with Gasteiger partial charge in [0.15, 0.2) is 0 Å². The van der Waals surface area contributed by atoms with Crippen molar-refractivity contribution in [2.45, 2.75) is 25.8 Å². The number of hydrogen-bond donors (Lipinski definition) is 3. The van der Waals surface area contributed by atoms with Crippen molar-refractivity contribution in [2.75, 3.05) is 18.6 Å². The zero-order valence-electron chi connectivity index (χ0n) is 18.7. The number of carbonyl (C=O) groups is 2. The van der Waals surface area contributed by atoms with Crippen LogP contribution in [-0.4, -0.2) is 52.7 Å². The highest BCUT2D eigenvalue weighted by atomic mass is 32.2. The Labute approximate surface area is 200 Å². The Morgan fingerprint density at radius 1 is 1.09 bits per heavy atom. The predicted octanol–water partition coefficient (Wildman–Crippen LogP) is 2.74. The van der Waals surface area contributed by atoms with Gasteiger partial charge in [-0.15, -0.1) is 0 Å². The van der Waals surface area contributed by atoms with E-state index in [4.69, 9.17) is 9.94 Å². The molecule has 0 saturated heterocycles. The van der Waals surface area contributed by atoms with Crippen LogP contribution in [0, 0.1) is 17.8 Å². The fraction of sp³-hybridized carbons (Fsp3) is 0.333. The second kappa shape index (κ2) is 13.5. The van der Waals surface area contributed by atoms with Gasteiger partial charge in [0.05, 0.1) is 12.9 Å². The lowest BCUT2D eigenvalue weighted by molar-refractivity contribution is -0.134. The number of hydrogen-bond acceptors (Lipinski definition) is 5. The number of halogens is 2. The summed E-state index contributed by atoms with van der Waals surface area (Å²) in [4.78, 5) is 24.0. The summed E-state index contributed by atoms with van der Waals surface area (Å²) in [6, 6.07) is 11.7. The summed E-state index contributed by atoms with van der Waals surface area (Å²) in [6.45, 7) is 1.58. The van der Waals surface area contributed by atoms with Gasteiger partial charge in [0, 0.05) is 29.0 Å². The van der Waals surface area contributed by atoms with E-state index < -0.39 is 41.4 Å². The molecule has 0 saturated carbocycles. The van der Waals surface area contributed by atoms with E-state index >= 15 is 0 Å². The minimum atomic E-state index is -2.87. The Morgan fingerprint density at radius 2 is 1.65 bits per heavy atom. The smallest absolute Gasteiger partial charge is 0.266 e. The third-order valence-corrected chi connectivity index (χ3v) is 5.66. The van der Waals surface area contributed by atoms with Gasteiger partial charge in [0.25, 0.3) is 11.8 Å². The van der Waals surface area contributed by atoms with Crippen molar-refractivity contribution in [3.63, 3.8) is 0 Å². The van der Waals surface area contributed by atoms with Crippen LogP contribution in [0.5, 0.6) is 5.75 Å². The number of carbonyl (C=O) groups excluding carboxylic acids is 2. The van der Waals surface area contributed by atoms with E-state index in [-0.39, 0.29) is 5.56 Å². The predicted molar refractivity (Wildman–Crippen MR) is 124 cm³/mol. The molecule has 0 spiro atoms. The number of benzene rings is 2. The second-order valence-electron chi connectivity index (χ2n) is 7.45. The van der Waals surface area contributed by atoms with Crippen LogP contribution in [0.1, 0.15) is 34.8 Å². The summed E-state index contributed by atoms with van der Waals surface area (Å²) in [5, 5.41) is 11.0. The van der Waals surface area contributed by atoms with Crippen LogP contribution in [0.2, 0.25) is 0 Å². The van der Waals surface area contributed by atoms with Crippen LogP contribution in [0.25, 0.3) is 0 Å². The van der Waals surface area contributed by atoms with E-state index in [0.717, 1.165) is 12.5 Å². The summed E-state index contributed by atoms with van der Waals surface area (Å²) in [7, 11) is 0. The average molecular weight is 493 g/mol. The summed E-state index contributed by atoms with van der Waals surface area (Å²) in [5.41, 5.74) is 2.82. The number of hydroxylamine groups is 1. The largest absolute Gasteiger partial charge is 0.617 e. The third-order valence-electron chi connectivity index (χ3n) is 4.80. The van der Waals surface area contributed by atoms with Gasteiger partial charge >= 0.3 is 0 Å². The molecule has 3 N–H and O–H groups in total. The quantitative estimate of drug-likeness (QED) is 0.155. The molecule has 2 aromatic rings. The van der Waals surface area contributed by atoms with Crippen LogP contribution in [0.15, 0.2) is 48.5 Å². The molecule has 0 aliphatic heterocycles. The molecule has 0 aliphatic carbocycles. The van der Waals surface area contributed by atoms with Crippen LogP contribution in [0.3, 0.4) is 0 Å². The van der Waals surface area contributed by atoms with Gasteiger partial charge in [0.1, 0.15) is 17.5 Å². The topological polar surface area (TPSA) is 111 Å². The molecule has 0 radical (unpaired) electrons. The normalized spacial score (nSPS) is 13.3. The minimum Gasteiger partial charge on any atom is -0.617 e. The Bertz CT molecular complexity index is 1000. The minimum absolute atomic E-state index is 0.149. The second-order valence-corrected chi connectivity index (χ2v) is 9.01. The molecule has 0 bridgehead atoms. The van der Waals surface area contributed by atoms with Gasteiger partial charge < -0.3 is 14.6 Å². The lowest BCUT2D eigenvalue weighted by Crippen LogP contribution is -2.51. The number of ether oxygens (including phenoxy) is 1. The van der Waals surface area contributed by atoms with Crippen molar-refractivity contribution < 1.29 is 32.9 Å². The van der Waals surface area contributed by atoms with Crippen LogP contribution >= 0.6 is 0 Å². The maximum atomic E-state index is 13.0. The van der Waals surface area contributed by atoms with E-state index in [9.17, 15) is 22.9 Å². The number of amides is 2. The molecule has 0 aliphatic rings. The Morgan fingerprint density at radius 3 is 2.15 bits per heavy atom. The lowest BCUT2D eigenvalue weighted by atomic mass is 10.0. The standard InChI is InChI=1S/C24H26F2N2O5S/c1-16(22(25)26)21(24(30)28-31)27-23(29)19-10-6-17(7-11-19)4-5-18-8-12-20(13-9-18)33-14-3-15-34(2)32/h6-13,16,21-22,31H,3,14-15H2,1-2H3,(H,27,29)(H,28,30)/t16-,21+,34?/m1/s1. The van der Waals surface area contributed by atoms with Gasteiger partial charge in [-0.05, 0) is 48.5 Å². The van der Waals surface area contributed by atoms with Crippen molar-refractivity contribution in [3.8, 4) is 17.6 Å². The van der Waals surface area contributed by atoms with E-state index in [2.05, 4.69) is 17.2 Å². The van der Waals surface area contributed by atoms with Crippen molar-refractivity contribution in [1.29, 1.82) is 0 Å². The van der Waals surface area contributed by atoms with Crippen molar-refractivity contribution in [3.05, 3.63) is 65.2 Å². The first kappa shape index (κ1) is 27.1. The zero-order valence-corrected chi connectivity index (χ0v) is 19.5. The average Bonchev–Trinajstić information content (AvgIpc) is 2.83.